The lowest BCUT2D eigenvalue weighted by Gasteiger charge is -2.29. The molecular weight excluding hydrogens is 432 g/mol. The summed E-state index contributed by atoms with van der Waals surface area (Å²) < 4.78 is 34.0. The summed E-state index contributed by atoms with van der Waals surface area (Å²) in [6.45, 7) is 1.73. The molecule has 0 aliphatic carbocycles. The molecular formula is C18H26N4O8S. The lowest BCUT2D eigenvalue weighted by atomic mass is 10.1. The molecule has 2 atom stereocenters. The van der Waals surface area contributed by atoms with Gasteiger partial charge in [0.2, 0.25) is 5.75 Å². The summed E-state index contributed by atoms with van der Waals surface area (Å²) in [5.74, 6) is -3.39. The highest BCUT2D eigenvalue weighted by molar-refractivity contribution is 7.86. The maximum absolute atomic E-state index is 13.2. The topological polar surface area (TPSA) is 145 Å². The summed E-state index contributed by atoms with van der Waals surface area (Å²) in [5, 5.41) is 0. The minimum absolute atomic E-state index is 0.0404. The monoisotopic (exact) mass is 458 g/mol. The Bertz CT molecular complexity index is 1060. The fraction of sp³-hybridized carbons (Fsp3) is 0.611. The third kappa shape index (κ3) is 5.03. The van der Waals surface area contributed by atoms with Crippen molar-refractivity contribution in [3.8, 4) is 5.75 Å². The fourth-order valence-electron chi connectivity index (χ4n) is 3.37. The molecule has 1 aliphatic heterocycles. The van der Waals surface area contributed by atoms with Gasteiger partial charge in [-0.25, -0.2) is 9.78 Å². The molecule has 31 heavy (non-hydrogen) atoms. The van der Waals surface area contributed by atoms with Crippen LogP contribution in [0.2, 0.25) is 0 Å². The molecule has 1 aromatic rings. The molecule has 2 rings (SSSR count). The lowest BCUT2D eigenvalue weighted by Crippen LogP contribution is -2.44. The van der Waals surface area contributed by atoms with Gasteiger partial charge in [-0.15, -0.1) is 0 Å². The normalized spacial score (nSPS) is 18.4. The second-order valence-corrected chi connectivity index (χ2v) is 9.09. The van der Waals surface area contributed by atoms with Crippen molar-refractivity contribution < 1.29 is 31.7 Å². The highest BCUT2D eigenvalue weighted by Gasteiger charge is 2.36. The number of hydrogen-bond acceptors (Lipinski definition) is 9. The molecule has 0 bridgehead atoms. The highest BCUT2D eigenvalue weighted by atomic mass is 32.2. The van der Waals surface area contributed by atoms with Gasteiger partial charge < -0.3 is 18.7 Å². The number of methoxy groups -OCH3 is 1. The number of esters is 1. The van der Waals surface area contributed by atoms with E-state index in [0.717, 1.165) is 23.2 Å². The van der Waals surface area contributed by atoms with Crippen LogP contribution in [-0.2, 0) is 24.4 Å². The zero-order valence-electron chi connectivity index (χ0n) is 18.2. The van der Waals surface area contributed by atoms with Gasteiger partial charge in [-0.1, -0.05) is 0 Å². The first-order chi connectivity index (χ1) is 14.3. The molecule has 1 aliphatic rings. The Morgan fingerprint density at radius 1 is 1.13 bits per heavy atom. The second kappa shape index (κ2) is 9.04. The predicted molar refractivity (Wildman–Crippen MR) is 108 cm³/mol. The van der Waals surface area contributed by atoms with E-state index in [1.54, 1.807) is 6.92 Å². The first kappa shape index (κ1) is 24.3. The van der Waals surface area contributed by atoms with Crippen molar-refractivity contribution in [1.82, 2.24) is 19.4 Å². The smallest absolute Gasteiger partial charge is 0.360 e. The van der Waals surface area contributed by atoms with Crippen molar-refractivity contribution in [3.63, 3.8) is 0 Å². The fourth-order valence-corrected chi connectivity index (χ4v) is 3.82. The molecule has 2 heterocycles. The largest absolute Gasteiger partial charge is 0.464 e. The molecule has 0 saturated carbocycles. The maximum Gasteiger partial charge on any atom is 0.360 e. The van der Waals surface area contributed by atoms with Gasteiger partial charge in [0.05, 0.1) is 19.4 Å². The number of nitrogens with zero attached hydrogens (tertiary/aromatic N) is 4. The SMILES string of the molecule is COC(=O)c1nc2n(c(=O)c1OS(C)(=O)=O)[C@@H](C)CCC[C@@H]2N(C)C(=O)C(=O)N(C)C. The first-order valence-corrected chi connectivity index (χ1v) is 11.2. The molecule has 1 aromatic heterocycles. The van der Waals surface area contributed by atoms with Crippen LogP contribution in [0.5, 0.6) is 5.75 Å². The Labute approximate surface area is 179 Å². The Kier molecular flexibility index (Phi) is 7.09. The summed E-state index contributed by atoms with van der Waals surface area (Å²) >= 11 is 0. The van der Waals surface area contributed by atoms with Crippen LogP contribution in [-0.4, -0.2) is 80.1 Å². The number of hydrogen-bond donors (Lipinski definition) is 0. The van der Waals surface area contributed by atoms with Crippen molar-refractivity contribution in [3.05, 3.63) is 21.9 Å². The average molecular weight is 458 g/mol. The van der Waals surface area contributed by atoms with Crippen LogP contribution >= 0.6 is 0 Å². The van der Waals surface area contributed by atoms with E-state index >= 15 is 0 Å². The number of carbonyl (C=O) groups excluding carboxylic acids is 3. The van der Waals surface area contributed by atoms with Crippen LogP contribution in [0.4, 0.5) is 0 Å². The van der Waals surface area contributed by atoms with Gasteiger partial charge in [0.25, 0.3) is 5.56 Å². The molecule has 0 fully saturated rings. The summed E-state index contributed by atoms with van der Waals surface area (Å²) in [6, 6.07) is -1.24. The van der Waals surface area contributed by atoms with Crippen LogP contribution in [0.15, 0.2) is 4.79 Å². The van der Waals surface area contributed by atoms with E-state index in [4.69, 9.17) is 4.18 Å². The van der Waals surface area contributed by atoms with E-state index in [1.807, 2.05) is 0 Å². The van der Waals surface area contributed by atoms with Gasteiger partial charge >= 0.3 is 27.9 Å². The first-order valence-electron chi connectivity index (χ1n) is 9.42. The minimum atomic E-state index is -4.16. The molecule has 0 N–H and O–H groups in total. The number of ether oxygens (including phenoxy) is 1. The molecule has 0 saturated heterocycles. The predicted octanol–water partition coefficient (Wildman–Crippen LogP) is -0.299. The van der Waals surface area contributed by atoms with E-state index in [2.05, 4.69) is 9.72 Å². The summed E-state index contributed by atoms with van der Waals surface area (Å²) in [5.41, 5.74) is -1.52. The van der Waals surface area contributed by atoms with Crippen molar-refractivity contribution in [1.29, 1.82) is 0 Å². The molecule has 12 nitrogen and oxygen atoms in total. The average Bonchev–Trinajstić information content (AvgIpc) is 2.85. The zero-order valence-corrected chi connectivity index (χ0v) is 19.1. The van der Waals surface area contributed by atoms with E-state index < -0.39 is 57.0 Å². The van der Waals surface area contributed by atoms with Gasteiger partial charge in [0, 0.05) is 27.2 Å². The standard InChI is InChI=1S/C18H26N4O8S/c1-10-8-7-9-11(21(4)17(25)16(24)20(2)3)14-19-12(18(26)29-5)13(15(23)22(10)14)30-31(6,27)28/h10-11H,7-9H2,1-6H3/t10-,11-/m0/s1. The Balaban J connectivity index is 2.77. The van der Waals surface area contributed by atoms with Crippen LogP contribution in [0.25, 0.3) is 0 Å². The van der Waals surface area contributed by atoms with E-state index in [1.165, 1.54) is 25.7 Å². The van der Waals surface area contributed by atoms with Crippen molar-refractivity contribution in [2.24, 2.45) is 0 Å². The van der Waals surface area contributed by atoms with Gasteiger partial charge in [-0.05, 0) is 26.2 Å². The maximum atomic E-state index is 13.2. The van der Waals surface area contributed by atoms with Crippen LogP contribution in [0, 0.1) is 0 Å². The van der Waals surface area contributed by atoms with Crippen molar-refractivity contribution >= 4 is 27.9 Å². The molecule has 0 aromatic carbocycles. The molecule has 0 unspecified atom stereocenters. The third-order valence-electron chi connectivity index (χ3n) is 4.93. The Morgan fingerprint density at radius 2 is 1.74 bits per heavy atom. The van der Waals surface area contributed by atoms with Crippen LogP contribution < -0.4 is 9.74 Å². The highest BCUT2D eigenvalue weighted by Crippen LogP contribution is 2.33. The molecule has 0 radical (unpaired) electrons. The Hall–Kier alpha value is -2.96. The van der Waals surface area contributed by atoms with E-state index in [9.17, 15) is 27.6 Å². The zero-order chi connectivity index (χ0) is 23.7. The number of rotatable bonds is 4. The van der Waals surface area contributed by atoms with Crippen molar-refractivity contribution in [2.45, 2.75) is 38.3 Å². The molecule has 172 valence electrons. The molecule has 13 heteroatoms. The number of carbonyl (C=O) groups is 3. The van der Waals surface area contributed by atoms with Crippen LogP contribution in [0.1, 0.15) is 54.6 Å². The minimum Gasteiger partial charge on any atom is -0.464 e. The summed E-state index contributed by atoms with van der Waals surface area (Å²) in [7, 11) is 1.16. The quantitative estimate of drug-likeness (QED) is 0.337. The van der Waals surface area contributed by atoms with E-state index in [0.29, 0.717) is 19.3 Å². The number of aromatic nitrogens is 2. The number of fused-ring (bicyclic) bond motifs is 1. The van der Waals surface area contributed by atoms with E-state index in [-0.39, 0.29) is 5.82 Å². The van der Waals surface area contributed by atoms with Gasteiger partial charge in [0.1, 0.15) is 5.82 Å². The van der Waals surface area contributed by atoms with Gasteiger partial charge in [-0.3, -0.25) is 19.0 Å². The van der Waals surface area contributed by atoms with Crippen LogP contribution in [0.3, 0.4) is 0 Å². The molecule has 2 amide bonds. The van der Waals surface area contributed by atoms with Crippen molar-refractivity contribution in [2.75, 3.05) is 34.5 Å². The van der Waals surface area contributed by atoms with Gasteiger partial charge in [-0.2, -0.15) is 8.42 Å². The number of likely N-dealkylation sites (N-methyl/N-ethyl adjacent to an activating group) is 2. The second-order valence-electron chi connectivity index (χ2n) is 7.51. The summed E-state index contributed by atoms with van der Waals surface area (Å²) in [4.78, 5) is 56.8. The number of amides is 2. The molecule has 0 spiro atoms. The van der Waals surface area contributed by atoms with Gasteiger partial charge in [0.15, 0.2) is 5.69 Å². The lowest BCUT2D eigenvalue weighted by molar-refractivity contribution is -0.151. The Morgan fingerprint density at radius 3 is 2.26 bits per heavy atom. The summed E-state index contributed by atoms with van der Waals surface area (Å²) in [6.07, 6.45) is 2.20. The third-order valence-corrected chi connectivity index (χ3v) is 5.40.